The van der Waals surface area contributed by atoms with Gasteiger partial charge >= 0.3 is 0 Å². The fourth-order valence-electron chi connectivity index (χ4n) is 3.47. The Morgan fingerprint density at radius 2 is 1.79 bits per heavy atom. The van der Waals surface area contributed by atoms with Gasteiger partial charge in [0.15, 0.2) is 11.5 Å². The Bertz CT molecular complexity index is 1120. The highest BCUT2D eigenvalue weighted by Gasteiger charge is 2.39. The van der Waals surface area contributed by atoms with Crippen molar-refractivity contribution < 1.29 is 31.9 Å². The molecule has 178 valence electrons. The lowest BCUT2D eigenvalue weighted by Gasteiger charge is -2.23. The summed E-state index contributed by atoms with van der Waals surface area (Å²) in [5, 5.41) is 0. The van der Waals surface area contributed by atoms with E-state index in [0.29, 0.717) is 17.9 Å². The number of carbonyl (C=O) groups excluding carboxylic acids is 2. The monoisotopic (exact) mass is 479 g/mol. The molecule has 0 radical (unpaired) electrons. The van der Waals surface area contributed by atoms with Crippen LogP contribution in [0.3, 0.4) is 0 Å². The Balaban J connectivity index is 1.67. The number of hydrogen-bond acceptors (Lipinski definition) is 6. The molecule has 2 amide bonds. The van der Waals surface area contributed by atoms with Crippen LogP contribution < -0.4 is 20.3 Å². The summed E-state index contributed by atoms with van der Waals surface area (Å²) in [6.45, 7) is 3.86. The van der Waals surface area contributed by atoms with Crippen molar-refractivity contribution in [3.63, 3.8) is 0 Å². The van der Waals surface area contributed by atoms with E-state index in [9.17, 15) is 22.4 Å². The Labute approximate surface area is 191 Å². The number of rotatable bonds is 7. The number of nitrogens with one attached hydrogen (secondary N) is 2. The van der Waals surface area contributed by atoms with Gasteiger partial charge in [0.25, 0.3) is 11.8 Å². The maximum atomic E-state index is 13.2. The third-order valence-electron chi connectivity index (χ3n) is 5.01. The van der Waals surface area contributed by atoms with Gasteiger partial charge in [-0.05, 0) is 69.2 Å². The van der Waals surface area contributed by atoms with Crippen LogP contribution in [0, 0.1) is 5.82 Å². The summed E-state index contributed by atoms with van der Waals surface area (Å²) >= 11 is 0. The molecule has 0 saturated carbocycles. The van der Waals surface area contributed by atoms with Crippen LogP contribution in [-0.4, -0.2) is 50.3 Å². The fourth-order valence-corrected chi connectivity index (χ4v) is 5.12. The van der Waals surface area contributed by atoms with Gasteiger partial charge < -0.3 is 9.47 Å². The number of amides is 2. The van der Waals surface area contributed by atoms with Gasteiger partial charge in [-0.25, -0.2) is 12.8 Å². The average molecular weight is 480 g/mol. The molecular formula is C22H26FN3O6S. The number of hydrazine groups is 1. The zero-order valence-corrected chi connectivity index (χ0v) is 19.3. The van der Waals surface area contributed by atoms with Gasteiger partial charge in [-0.15, -0.1) is 0 Å². The Hall–Kier alpha value is -3.18. The van der Waals surface area contributed by atoms with Gasteiger partial charge in [0.2, 0.25) is 10.0 Å². The van der Waals surface area contributed by atoms with E-state index in [1.807, 2.05) is 13.8 Å². The number of sulfonamides is 1. The van der Waals surface area contributed by atoms with Crippen LogP contribution in [-0.2, 0) is 14.8 Å². The van der Waals surface area contributed by atoms with Crippen molar-refractivity contribution >= 4 is 21.8 Å². The molecule has 1 saturated heterocycles. The average Bonchev–Trinajstić information content (AvgIpc) is 3.28. The second-order valence-electron chi connectivity index (χ2n) is 7.70. The zero-order chi connectivity index (χ0) is 24.2. The highest BCUT2D eigenvalue weighted by Crippen LogP contribution is 2.29. The SMILES string of the molecule is COc1cc(C(=O)NNC(=O)C2CCCN2S(=O)(=O)c2ccc(F)cc2)ccc1OC(C)C. The van der Waals surface area contributed by atoms with Crippen LogP contribution in [0.4, 0.5) is 4.39 Å². The molecule has 2 aromatic rings. The van der Waals surface area contributed by atoms with Crippen LogP contribution in [0.2, 0.25) is 0 Å². The van der Waals surface area contributed by atoms with E-state index in [0.717, 1.165) is 28.6 Å². The van der Waals surface area contributed by atoms with Gasteiger partial charge in [-0.1, -0.05) is 0 Å². The molecule has 2 aromatic carbocycles. The molecule has 2 N–H and O–H groups in total. The third-order valence-corrected chi connectivity index (χ3v) is 6.94. The second kappa shape index (κ2) is 10.2. The molecule has 0 aromatic heterocycles. The summed E-state index contributed by atoms with van der Waals surface area (Å²) in [5.41, 5.74) is 4.81. The highest BCUT2D eigenvalue weighted by molar-refractivity contribution is 7.89. The van der Waals surface area contributed by atoms with Crippen molar-refractivity contribution in [2.24, 2.45) is 0 Å². The van der Waals surface area contributed by atoms with Crippen LogP contribution in [0.25, 0.3) is 0 Å². The number of benzene rings is 2. The van der Waals surface area contributed by atoms with Crippen molar-refractivity contribution in [3.05, 3.63) is 53.8 Å². The van der Waals surface area contributed by atoms with Crippen LogP contribution in [0.15, 0.2) is 47.4 Å². The molecule has 3 rings (SSSR count). The second-order valence-corrected chi connectivity index (χ2v) is 9.59. The normalized spacial score (nSPS) is 16.5. The fraction of sp³-hybridized carbons (Fsp3) is 0.364. The summed E-state index contributed by atoms with van der Waals surface area (Å²) in [6, 6.07) is 7.97. The van der Waals surface area contributed by atoms with E-state index in [4.69, 9.17) is 9.47 Å². The molecule has 1 aliphatic heterocycles. The summed E-state index contributed by atoms with van der Waals surface area (Å²) < 4.78 is 50.9. The number of hydrogen-bond donors (Lipinski definition) is 2. The smallest absolute Gasteiger partial charge is 0.269 e. The van der Waals surface area contributed by atoms with Gasteiger partial charge in [-0.2, -0.15) is 4.31 Å². The summed E-state index contributed by atoms with van der Waals surface area (Å²) in [7, 11) is -2.55. The number of halogens is 1. The maximum absolute atomic E-state index is 13.2. The lowest BCUT2D eigenvalue weighted by Crippen LogP contribution is -2.51. The van der Waals surface area contributed by atoms with E-state index < -0.39 is 33.7 Å². The first-order valence-corrected chi connectivity index (χ1v) is 11.8. The lowest BCUT2D eigenvalue weighted by molar-refractivity contribution is -0.125. The maximum Gasteiger partial charge on any atom is 0.269 e. The first-order valence-electron chi connectivity index (χ1n) is 10.4. The van der Waals surface area contributed by atoms with E-state index >= 15 is 0 Å². The molecule has 0 aliphatic carbocycles. The predicted octanol–water partition coefficient (Wildman–Crippen LogP) is 2.24. The van der Waals surface area contributed by atoms with Crippen molar-refractivity contribution in [2.45, 2.75) is 43.7 Å². The molecular weight excluding hydrogens is 453 g/mol. The lowest BCUT2D eigenvalue weighted by atomic mass is 10.2. The van der Waals surface area contributed by atoms with Gasteiger partial charge in [0, 0.05) is 12.1 Å². The molecule has 1 aliphatic rings. The molecule has 11 heteroatoms. The summed E-state index contributed by atoms with van der Waals surface area (Å²) in [6.07, 6.45) is 0.677. The van der Waals surface area contributed by atoms with E-state index in [-0.39, 0.29) is 29.5 Å². The minimum absolute atomic E-state index is 0.0848. The molecule has 0 bridgehead atoms. The summed E-state index contributed by atoms with van der Waals surface area (Å²) in [5.74, 6) is -1.01. The molecule has 0 spiro atoms. The summed E-state index contributed by atoms with van der Waals surface area (Å²) in [4.78, 5) is 25.1. The quantitative estimate of drug-likeness (QED) is 0.589. The van der Waals surface area contributed by atoms with Crippen molar-refractivity contribution in [1.82, 2.24) is 15.2 Å². The van der Waals surface area contributed by atoms with Crippen molar-refractivity contribution in [1.29, 1.82) is 0 Å². The molecule has 1 unspecified atom stereocenters. The minimum atomic E-state index is -4.00. The van der Waals surface area contributed by atoms with E-state index in [1.54, 1.807) is 6.07 Å². The minimum Gasteiger partial charge on any atom is -0.493 e. The van der Waals surface area contributed by atoms with Gasteiger partial charge in [0.05, 0.1) is 18.1 Å². The van der Waals surface area contributed by atoms with Crippen molar-refractivity contribution in [3.8, 4) is 11.5 Å². The standard InChI is InChI=1S/C22H26FN3O6S/c1-14(2)32-19-11-6-15(13-20(19)31-3)21(27)24-25-22(28)18-5-4-12-26(18)33(29,30)17-9-7-16(23)8-10-17/h6-11,13-14,18H,4-5,12H2,1-3H3,(H,24,27)(H,25,28). The number of methoxy groups -OCH3 is 1. The third kappa shape index (κ3) is 5.60. The molecule has 1 heterocycles. The van der Waals surface area contributed by atoms with Crippen molar-refractivity contribution in [2.75, 3.05) is 13.7 Å². The molecule has 33 heavy (non-hydrogen) atoms. The first kappa shape index (κ1) is 24.5. The van der Waals surface area contributed by atoms with Crippen LogP contribution in [0.5, 0.6) is 11.5 Å². The van der Waals surface area contributed by atoms with Gasteiger partial charge in [-0.3, -0.25) is 20.4 Å². The first-order chi connectivity index (χ1) is 15.6. The van der Waals surface area contributed by atoms with Crippen LogP contribution >= 0.6 is 0 Å². The predicted molar refractivity (Wildman–Crippen MR) is 118 cm³/mol. The largest absolute Gasteiger partial charge is 0.493 e. The Kier molecular flexibility index (Phi) is 7.54. The molecule has 9 nitrogen and oxygen atoms in total. The number of carbonyl (C=O) groups is 2. The highest BCUT2D eigenvalue weighted by atomic mass is 32.2. The molecule has 1 fully saturated rings. The van der Waals surface area contributed by atoms with Crippen LogP contribution in [0.1, 0.15) is 37.0 Å². The molecule has 1 atom stereocenters. The zero-order valence-electron chi connectivity index (χ0n) is 18.5. The number of ether oxygens (including phenoxy) is 2. The topological polar surface area (TPSA) is 114 Å². The van der Waals surface area contributed by atoms with E-state index in [1.165, 1.54) is 19.2 Å². The Morgan fingerprint density at radius 3 is 2.42 bits per heavy atom. The van der Waals surface area contributed by atoms with E-state index in [2.05, 4.69) is 10.9 Å². The van der Waals surface area contributed by atoms with Gasteiger partial charge in [0.1, 0.15) is 11.9 Å². The Morgan fingerprint density at radius 1 is 1.09 bits per heavy atom. The number of nitrogens with zero attached hydrogens (tertiary/aromatic N) is 1.